The number of carbonyl (C=O) groups excluding carboxylic acids is 1. The quantitative estimate of drug-likeness (QED) is 0.696. The van der Waals surface area contributed by atoms with Crippen LogP contribution in [0.25, 0.3) is 0 Å². The highest BCUT2D eigenvalue weighted by Crippen LogP contribution is 2.39. The lowest BCUT2D eigenvalue weighted by molar-refractivity contribution is -0.141. The van der Waals surface area contributed by atoms with Gasteiger partial charge in [-0.25, -0.2) is 0 Å². The second kappa shape index (κ2) is 3.77. The molecule has 2 atom stereocenters. The van der Waals surface area contributed by atoms with Crippen LogP contribution in [0.2, 0.25) is 0 Å². The fourth-order valence-corrected chi connectivity index (χ4v) is 1.51. The van der Waals surface area contributed by atoms with E-state index in [0.29, 0.717) is 19.5 Å². The number of aliphatic carboxylic acids is 1. The van der Waals surface area contributed by atoms with E-state index in [0.717, 1.165) is 0 Å². The summed E-state index contributed by atoms with van der Waals surface area (Å²) in [4.78, 5) is 23.7. The van der Waals surface area contributed by atoms with Gasteiger partial charge in [-0.3, -0.25) is 9.59 Å². The van der Waals surface area contributed by atoms with Gasteiger partial charge in [-0.15, -0.1) is 0 Å². The number of amides is 1. The van der Waals surface area contributed by atoms with E-state index in [2.05, 4.69) is 0 Å². The van der Waals surface area contributed by atoms with Crippen molar-refractivity contribution in [3.63, 3.8) is 0 Å². The molecule has 1 N–H and O–H groups in total. The lowest BCUT2D eigenvalue weighted by Crippen LogP contribution is -2.32. The van der Waals surface area contributed by atoms with Gasteiger partial charge < -0.3 is 10.0 Å². The average molecular weight is 185 g/mol. The number of nitrogens with zero attached hydrogens (tertiary/aromatic N) is 1. The first-order valence-electron chi connectivity index (χ1n) is 4.63. The van der Waals surface area contributed by atoms with Crippen LogP contribution >= 0.6 is 0 Å². The highest BCUT2D eigenvalue weighted by Gasteiger charge is 2.49. The minimum Gasteiger partial charge on any atom is -0.481 e. The summed E-state index contributed by atoms with van der Waals surface area (Å²) in [6, 6.07) is 0. The van der Waals surface area contributed by atoms with Gasteiger partial charge in [-0.2, -0.15) is 0 Å². The van der Waals surface area contributed by atoms with Gasteiger partial charge in [0.1, 0.15) is 0 Å². The van der Waals surface area contributed by atoms with Crippen LogP contribution in [0.3, 0.4) is 0 Å². The third-order valence-electron chi connectivity index (χ3n) is 2.50. The summed E-state index contributed by atoms with van der Waals surface area (Å²) in [6.07, 6.45) is 0.519. The number of carbonyl (C=O) groups is 2. The van der Waals surface area contributed by atoms with Crippen molar-refractivity contribution in [2.24, 2.45) is 11.8 Å². The van der Waals surface area contributed by atoms with Crippen LogP contribution in [0.5, 0.6) is 0 Å². The summed E-state index contributed by atoms with van der Waals surface area (Å²) in [6.45, 7) is 5.13. The first-order valence-corrected chi connectivity index (χ1v) is 4.63. The topological polar surface area (TPSA) is 57.6 Å². The summed E-state index contributed by atoms with van der Waals surface area (Å²) in [5.74, 6) is -1.52. The third kappa shape index (κ3) is 1.99. The molecule has 0 bridgehead atoms. The molecule has 0 radical (unpaired) electrons. The van der Waals surface area contributed by atoms with Gasteiger partial charge in [0.05, 0.1) is 11.8 Å². The zero-order valence-corrected chi connectivity index (χ0v) is 7.99. The van der Waals surface area contributed by atoms with Crippen LogP contribution in [0, 0.1) is 11.8 Å². The molecule has 0 aromatic heterocycles. The highest BCUT2D eigenvalue weighted by atomic mass is 16.4. The number of rotatable bonds is 4. The molecule has 0 aromatic carbocycles. The Balaban J connectivity index is 2.46. The molecule has 1 aliphatic rings. The monoisotopic (exact) mass is 185 g/mol. The van der Waals surface area contributed by atoms with E-state index < -0.39 is 11.9 Å². The van der Waals surface area contributed by atoms with Crippen molar-refractivity contribution in [1.82, 2.24) is 4.90 Å². The highest BCUT2D eigenvalue weighted by molar-refractivity contribution is 5.89. The Bertz CT molecular complexity index is 223. The molecule has 0 heterocycles. The molecular weight excluding hydrogens is 170 g/mol. The summed E-state index contributed by atoms with van der Waals surface area (Å²) in [5, 5.41) is 8.63. The van der Waals surface area contributed by atoms with Gasteiger partial charge >= 0.3 is 5.97 Å². The van der Waals surface area contributed by atoms with Gasteiger partial charge in [0.15, 0.2) is 0 Å². The number of hydrogen-bond donors (Lipinski definition) is 1. The number of carboxylic acid groups (broad SMARTS) is 1. The van der Waals surface area contributed by atoms with Crippen molar-refractivity contribution in [2.45, 2.75) is 20.3 Å². The van der Waals surface area contributed by atoms with Crippen LogP contribution in [0.4, 0.5) is 0 Å². The summed E-state index contributed by atoms with van der Waals surface area (Å²) in [5.41, 5.74) is 0. The summed E-state index contributed by atoms with van der Waals surface area (Å²) in [7, 11) is 0. The summed E-state index contributed by atoms with van der Waals surface area (Å²) >= 11 is 0. The van der Waals surface area contributed by atoms with E-state index in [1.54, 1.807) is 4.90 Å². The first kappa shape index (κ1) is 10.0. The Hall–Kier alpha value is -1.06. The molecular formula is C9H15NO3. The van der Waals surface area contributed by atoms with Gasteiger partial charge in [-0.1, -0.05) is 0 Å². The predicted molar refractivity (Wildman–Crippen MR) is 47.2 cm³/mol. The zero-order valence-electron chi connectivity index (χ0n) is 7.99. The van der Waals surface area contributed by atoms with Gasteiger partial charge in [0.2, 0.25) is 5.91 Å². The molecule has 4 nitrogen and oxygen atoms in total. The minimum absolute atomic E-state index is 0.00241. The van der Waals surface area contributed by atoms with Crippen LogP contribution in [-0.4, -0.2) is 35.0 Å². The molecule has 13 heavy (non-hydrogen) atoms. The SMILES string of the molecule is CCN(CC)C(=O)C1CC1C(=O)O. The maximum absolute atomic E-state index is 11.5. The molecule has 74 valence electrons. The molecule has 0 aliphatic heterocycles. The second-order valence-corrected chi connectivity index (χ2v) is 3.30. The molecule has 2 unspecified atom stereocenters. The lowest BCUT2D eigenvalue weighted by atomic mass is 10.3. The smallest absolute Gasteiger partial charge is 0.307 e. The standard InChI is InChI=1S/C9H15NO3/c1-3-10(4-2)8(11)6-5-7(6)9(12)13/h6-7H,3-5H2,1-2H3,(H,12,13). The lowest BCUT2D eigenvalue weighted by Gasteiger charge is -2.18. The third-order valence-corrected chi connectivity index (χ3v) is 2.50. The van der Waals surface area contributed by atoms with Gasteiger partial charge in [0, 0.05) is 13.1 Å². The Morgan fingerprint density at radius 2 is 1.85 bits per heavy atom. The molecule has 1 aliphatic carbocycles. The Labute approximate surface area is 77.5 Å². The Morgan fingerprint density at radius 3 is 2.15 bits per heavy atom. The predicted octanol–water partition coefficient (Wildman–Crippen LogP) is 0.575. The van der Waals surface area contributed by atoms with Gasteiger partial charge in [-0.05, 0) is 20.3 Å². The van der Waals surface area contributed by atoms with Crippen molar-refractivity contribution in [3.8, 4) is 0 Å². The molecule has 4 heteroatoms. The minimum atomic E-state index is -0.842. The van der Waals surface area contributed by atoms with E-state index in [1.807, 2.05) is 13.8 Å². The second-order valence-electron chi connectivity index (χ2n) is 3.30. The molecule has 0 saturated heterocycles. The molecule has 0 aromatic rings. The fraction of sp³-hybridized carbons (Fsp3) is 0.778. The van der Waals surface area contributed by atoms with Crippen molar-refractivity contribution < 1.29 is 14.7 Å². The fourth-order valence-electron chi connectivity index (χ4n) is 1.51. The number of carboxylic acids is 1. The summed E-state index contributed by atoms with van der Waals surface area (Å²) < 4.78 is 0. The van der Waals surface area contributed by atoms with Crippen LogP contribution in [0.15, 0.2) is 0 Å². The molecule has 1 amide bonds. The van der Waals surface area contributed by atoms with Gasteiger partial charge in [0.25, 0.3) is 0 Å². The van der Waals surface area contributed by atoms with Crippen molar-refractivity contribution in [3.05, 3.63) is 0 Å². The Morgan fingerprint density at radius 1 is 1.31 bits per heavy atom. The molecule has 0 spiro atoms. The average Bonchev–Trinajstić information content (AvgIpc) is 2.84. The van der Waals surface area contributed by atoms with E-state index in [4.69, 9.17) is 5.11 Å². The van der Waals surface area contributed by atoms with Crippen molar-refractivity contribution in [1.29, 1.82) is 0 Å². The molecule has 1 fully saturated rings. The van der Waals surface area contributed by atoms with Crippen LogP contribution in [-0.2, 0) is 9.59 Å². The van der Waals surface area contributed by atoms with Crippen molar-refractivity contribution in [2.75, 3.05) is 13.1 Å². The number of hydrogen-bond acceptors (Lipinski definition) is 2. The van der Waals surface area contributed by atoms with Crippen molar-refractivity contribution >= 4 is 11.9 Å². The van der Waals surface area contributed by atoms with Crippen LogP contribution in [0.1, 0.15) is 20.3 Å². The first-order chi connectivity index (χ1) is 6.11. The van der Waals surface area contributed by atoms with E-state index in [9.17, 15) is 9.59 Å². The largest absolute Gasteiger partial charge is 0.481 e. The van der Waals surface area contributed by atoms with E-state index in [-0.39, 0.29) is 11.8 Å². The maximum Gasteiger partial charge on any atom is 0.307 e. The molecule has 1 saturated carbocycles. The zero-order chi connectivity index (χ0) is 10.0. The van der Waals surface area contributed by atoms with E-state index in [1.165, 1.54) is 0 Å². The Kier molecular flexibility index (Phi) is 2.90. The normalized spacial score (nSPS) is 25.4. The molecule has 1 rings (SSSR count). The van der Waals surface area contributed by atoms with E-state index >= 15 is 0 Å². The van der Waals surface area contributed by atoms with Crippen LogP contribution < -0.4 is 0 Å². The maximum atomic E-state index is 11.5.